The maximum atomic E-state index is 14.9. The number of nitrogens with one attached hydrogen (secondary N) is 1. The number of halogens is 4. The Labute approximate surface area is 160 Å². The van der Waals surface area contributed by atoms with Gasteiger partial charge in [-0.1, -0.05) is 56.3 Å². The van der Waals surface area contributed by atoms with Crippen molar-refractivity contribution in [1.29, 1.82) is 0 Å². The topological polar surface area (TPSA) is 69.6 Å². The van der Waals surface area contributed by atoms with Crippen molar-refractivity contribution < 1.29 is 32.6 Å². The van der Waals surface area contributed by atoms with E-state index < -0.39 is 42.1 Å². The highest BCUT2D eigenvalue weighted by molar-refractivity contribution is 5.75. The van der Waals surface area contributed by atoms with Crippen LogP contribution in [0.5, 0.6) is 0 Å². The molecule has 3 N–H and O–H groups in total. The Kier molecular flexibility index (Phi) is 6.67. The Morgan fingerprint density at radius 2 is 1.82 bits per heavy atom. The quantitative estimate of drug-likeness (QED) is 0.603. The lowest BCUT2D eigenvalue weighted by molar-refractivity contribution is -0.156. The smallest absolute Gasteiger partial charge is 0.407 e. The van der Waals surface area contributed by atoms with Gasteiger partial charge in [0.05, 0.1) is 0 Å². The van der Waals surface area contributed by atoms with Gasteiger partial charge in [-0.3, -0.25) is 10.1 Å². The van der Waals surface area contributed by atoms with Crippen molar-refractivity contribution in [3.8, 4) is 0 Å². The average molecular weight is 401 g/mol. The standard InChI is InChI=1S/C20H23F4NO3/c1-12(2)10-16(18(26)27)25-17(20(22,23)24)14-8-9-15(19(21,28)11-14)13-6-4-3-5-7-13/h3-9,12,16-17,25,28H,10-11H2,1-2H3,(H,26,27). The summed E-state index contributed by atoms with van der Waals surface area (Å²) in [7, 11) is 0. The molecule has 0 amide bonds. The molecule has 0 bridgehead atoms. The minimum atomic E-state index is -4.86. The van der Waals surface area contributed by atoms with E-state index in [-0.39, 0.29) is 17.9 Å². The first kappa shape index (κ1) is 22.1. The summed E-state index contributed by atoms with van der Waals surface area (Å²) < 4.78 is 55.7. The van der Waals surface area contributed by atoms with Crippen molar-refractivity contribution >= 4 is 11.5 Å². The Morgan fingerprint density at radius 3 is 2.29 bits per heavy atom. The molecule has 0 heterocycles. The molecule has 0 aliphatic heterocycles. The summed E-state index contributed by atoms with van der Waals surface area (Å²) in [5, 5.41) is 21.5. The molecule has 3 atom stereocenters. The minimum Gasteiger partial charge on any atom is -0.480 e. The Hall–Kier alpha value is -2.19. The van der Waals surface area contributed by atoms with E-state index in [1.807, 2.05) is 0 Å². The van der Waals surface area contributed by atoms with Crippen LogP contribution < -0.4 is 5.32 Å². The van der Waals surface area contributed by atoms with Crippen molar-refractivity contribution in [3.63, 3.8) is 0 Å². The first-order valence-electron chi connectivity index (χ1n) is 8.85. The Morgan fingerprint density at radius 1 is 1.21 bits per heavy atom. The van der Waals surface area contributed by atoms with Crippen LogP contribution in [0.15, 0.2) is 48.1 Å². The van der Waals surface area contributed by atoms with Crippen molar-refractivity contribution in [2.24, 2.45) is 5.92 Å². The molecule has 0 spiro atoms. The molecule has 8 heteroatoms. The van der Waals surface area contributed by atoms with Crippen LogP contribution in [0, 0.1) is 5.92 Å². The van der Waals surface area contributed by atoms with E-state index >= 15 is 0 Å². The number of carboxylic acids is 1. The number of aliphatic hydroxyl groups is 1. The third kappa shape index (κ3) is 5.42. The number of rotatable bonds is 7. The van der Waals surface area contributed by atoms with E-state index in [2.05, 4.69) is 5.32 Å². The van der Waals surface area contributed by atoms with E-state index in [1.54, 1.807) is 32.0 Å². The van der Waals surface area contributed by atoms with Gasteiger partial charge in [-0.2, -0.15) is 13.2 Å². The lowest BCUT2D eigenvalue weighted by Crippen LogP contribution is -2.52. The molecule has 4 nitrogen and oxygen atoms in total. The number of benzene rings is 1. The number of hydrogen-bond donors (Lipinski definition) is 3. The zero-order chi connectivity index (χ0) is 21.1. The molecular weight excluding hydrogens is 378 g/mol. The number of carbonyl (C=O) groups is 1. The van der Waals surface area contributed by atoms with Gasteiger partial charge >= 0.3 is 12.1 Å². The number of aliphatic carboxylic acids is 1. The molecule has 0 saturated carbocycles. The maximum Gasteiger partial charge on any atom is 0.407 e. The van der Waals surface area contributed by atoms with Crippen molar-refractivity contribution in [2.45, 2.75) is 50.8 Å². The third-order valence-corrected chi connectivity index (χ3v) is 4.47. The van der Waals surface area contributed by atoms with Gasteiger partial charge in [0.1, 0.15) is 12.1 Å². The molecule has 0 fully saturated rings. The summed E-state index contributed by atoms with van der Waals surface area (Å²) in [6.07, 6.45) is -3.60. The van der Waals surface area contributed by atoms with E-state index in [4.69, 9.17) is 0 Å². The largest absolute Gasteiger partial charge is 0.480 e. The van der Waals surface area contributed by atoms with Gasteiger partial charge < -0.3 is 10.2 Å². The zero-order valence-electron chi connectivity index (χ0n) is 15.5. The number of allylic oxidation sites excluding steroid dienone is 2. The van der Waals surface area contributed by atoms with E-state index in [1.165, 1.54) is 12.1 Å². The van der Waals surface area contributed by atoms with Crippen LogP contribution in [0.25, 0.3) is 5.57 Å². The summed E-state index contributed by atoms with van der Waals surface area (Å²) in [5.41, 5.74) is -0.260. The van der Waals surface area contributed by atoms with Gasteiger partial charge in [0.25, 0.3) is 0 Å². The molecule has 0 aromatic heterocycles. The fourth-order valence-electron chi connectivity index (χ4n) is 3.20. The molecule has 3 unspecified atom stereocenters. The molecule has 1 aliphatic rings. The van der Waals surface area contributed by atoms with Gasteiger partial charge in [-0.05, 0) is 23.5 Å². The summed E-state index contributed by atoms with van der Waals surface area (Å²) in [5.74, 6) is -4.59. The summed E-state index contributed by atoms with van der Waals surface area (Å²) in [6, 6.07) is 4.16. The molecular formula is C20H23F4NO3. The first-order valence-corrected chi connectivity index (χ1v) is 8.85. The van der Waals surface area contributed by atoms with Gasteiger partial charge in [0.2, 0.25) is 5.85 Å². The van der Waals surface area contributed by atoms with E-state index in [0.29, 0.717) is 5.56 Å². The highest BCUT2D eigenvalue weighted by atomic mass is 19.4. The number of hydrogen-bond acceptors (Lipinski definition) is 3. The van der Waals surface area contributed by atoms with Crippen molar-refractivity contribution in [3.05, 3.63) is 53.6 Å². The predicted molar refractivity (Wildman–Crippen MR) is 97.0 cm³/mol. The molecule has 2 rings (SSSR count). The highest BCUT2D eigenvalue weighted by Gasteiger charge is 2.47. The predicted octanol–water partition coefficient (Wildman–Crippen LogP) is 4.08. The van der Waals surface area contributed by atoms with Crippen LogP contribution in [-0.2, 0) is 4.79 Å². The fraction of sp³-hybridized carbons (Fsp3) is 0.450. The number of carboxylic acid groups (broad SMARTS) is 1. The zero-order valence-corrected chi connectivity index (χ0v) is 15.5. The summed E-state index contributed by atoms with van der Waals surface area (Å²) in [4.78, 5) is 11.4. The summed E-state index contributed by atoms with van der Waals surface area (Å²) in [6.45, 7) is 3.38. The average Bonchev–Trinajstić information content (AvgIpc) is 2.56. The second kappa shape index (κ2) is 8.45. The maximum absolute atomic E-state index is 14.9. The Balaban J connectivity index is 2.38. The minimum absolute atomic E-state index is 0.0276. The van der Waals surface area contributed by atoms with Crippen LogP contribution >= 0.6 is 0 Å². The lowest BCUT2D eigenvalue weighted by Gasteiger charge is -2.33. The second-order valence-corrected chi connectivity index (χ2v) is 7.29. The molecule has 1 aromatic rings. The Bertz CT molecular complexity index is 754. The van der Waals surface area contributed by atoms with Crippen molar-refractivity contribution in [2.75, 3.05) is 0 Å². The van der Waals surface area contributed by atoms with Crippen LogP contribution in [0.4, 0.5) is 17.6 Å². The van der Waals surface area contributed by atoms with Crippen molar-refractivity contribution in [1.82, 2.24) is 5.32 Å². The van der Waals surface area contributed by atoms with Gasteiger partial charge in [0.15, 0.2) is 0 Å². The molecule has 28 heavy (non-hydrogen) atoms. The fourth-order valence-corrected chi connectivity index (χ4v) is 3.20. The van der Waals surface area contributed by atoms with Gasteiger partial charge in [-0.15, -0.1) is 0 Å². The van der Waals surface area contributed by atoms with Gasteiger partial charge in [0, 0.05) is 12.0 Å². The SMILES string of the molecule is CC(C)CC(NC(C1=CC=C(c2ccccc2)C(O)(F)C1)C(F)(F)F)C(=O)O. The van der Waals surface area contributed by atoms with Gasteiger partial charge in [-0.25, -0.2) is 4.39 Å². The monoisotopic (exact) mass is 401 g/mol. The van der Waals surface area contributed by atoms with E-state index in [0.717, 1.165) is 12.2 Å². The molecule has 0 radical (unpaired) electrons. The second-order valence-electron chi connectivity index (χ2n) is 7.29. The lowest BCUT2D eigenvalue weighted by atomic mass is 9.85. The highest BCUT2D eigenvalue weighted by Crippen LogP contribution is 2.40. The molecule has 154 valence electrons. The third-order valence-electron chi connectivity index (χ3n) is 4.47. The van der Waals surface area contributed by atoms with Crippen LogP contribution in [0.1, 0.15) is 32.3 Å². The van der Waals surface area contributed by atoms with E-state index in [9.17, 15) is 32.6 Å². The van der Waals surface area contributed by atoms with Crippen LogP contribution in [0.3, 0.4) is 0 Å². The molecule has 0 saturated heterocycles. The number of alkyl halides is 4. The van der Waals surface area contributed by atoms with Crippen LogP contribution in [0.2, 0.25) is 0 Å². The molecule has 1 aliphatic carbocycles. The summed E-state index contributed by atoms with van der Waals surface area (Å²) >= 11 is 0. The normalized spacial score (nSPS) is 22.4. The molecule has 1 aromatic carbocycles. The first-order chi connectivity index (χ1) is 12.9. The van der Waals surface area contributed by atoms with Crippen LogP contribution in [-0.4, -0.2) is 40.3 Å².